The third-order valence-corrected chi connectivity index (χ3v) is 10.6. The molecule has 11 rings (SSSR count). The molecule has 3 nitrogen and oxygen atoms in total. The number of rotatable bonds is 5. The van der Waals surface area contributed by atoms with Crippen LogP contribution in [0.1, 0.15) is 0 Å². The van der Waals surface area contributed by atoms with Gasteiger partial charge in [0, 0.05) is 49.6 Å². The summed E-state index contributed by atoms with van der Waals surface area (Å²) in [5.41, 5.74) is 11.4. The van der Waals surface area contributed by atoms with Gasteiger partial charge in [-0.1, -0.05) is 133 Å². The van der Waals surface area contributed by atoms with Crippen LogP contribution in [0.4, 0.5) is 17.1 Å². The molecule has 0 aliphatic carbocycles. The maximum atomic E-state index is 6.52. The minimum Gasteiger partial charge on any atom is -0.455 e. The Morgan fingerprint density at radius 2 is 0.906 bits per heavy atom. The molecule has 0 radical (unpaired) electrons. The summed E-state index contributed by atoms with van der Waals surface area (Å²) in [5, 5.41) is 9.18. The molecule has 0 N–H and O–H groups in total. The van der Waals surface area contributed by atoms with E-state index in [9.17, 15) is 0 Å². The van der Waals surface area contributed by atoms with Crippen molar-refractivity contribution in [2.45, 2.75) is 0 Å². The fourth-order valence-electron chi connectivity index (χ4n) is 8.12. The zero-order valence-electron chi connectivity index (χ0n) is 28.7. The van der Waals surface area contributed by atoms with Crippen LogP contribution in [-0.4, -0.2) is 0 Å². The highest BCUT2D eigenvalue weighted by atomic mass is 16.3. The molecule has 2 aromatic heterocycles. The van der Waals surface area contributed by atoms with Crippen LogP contribution >= 0.6 is 0 Å². The van der Waals surface area contributed by atoms with Crippen molar-refractivity contribution in [1.29, 1.82) is 0 Å². The Labute approximate surface area is 305 Å². The SMILES string of the molecule is c1ccc(-c2cccc(N(c3ccc(-c4cccc5c4oc4ccccc45)cc3)c3ccc4c(ccc5ccc6c7ccccc7oc6c54)c3)c2)cc1. The van der Waals surface area contributed by atoms with Gasteiger partial charge in [0.25, 0.3) is 0 Å². The zero-order chi connectivity index (χ0) is 34.9. The van der Waals surface area contributed by atoms with Crippen molar-refractivity contribution in [3.05, 3.63) is 188 Å². The van der Waals surface area contributed by atoms with Gasteiger partial charge in [0.05, 0.1) is 0 Å². The number of hydrogen-bond acceptors (Lipinski definition) is 3. The molecular formula is C50H31NO2. The molecule has 0 saturated carbocycles. The van der Waals surface area contributed by atoms with Crippen molar-refractivity contribution < 1.29 is 8.83 Å². The van der Waals surface area contributed by atoms with E-state index >= 15 is 0 Å². The summed E-state index contributed by atoms with van der Waals surface area (Å²) in [6.07, 6.45) is 0. The van der Waals surface area contributed by atoms with Gasteiger partial charge in [0.2, 0.25) is 0 Å². The van der Waals surface area contributed by atoms with Crippen LogP contribution in [0.3, 0.4) is 0 Å². The molecule has 0 saturated heterocycles. The molecule has 0 unspecified atom stereocenters. The summed E-state index contributed by atoms with van der Waals surface area (Å²) in [6.45, 7) is 0. The maximum absolute atomic E-state index is 6.52. The van der Waals surface area contributed by atoms with Crippen LogP contribution in [-0.2, 0) is 0 Å². The van der Waals surface area contributed by atoms with Crippen molar-refractivity contribution in [3.63, 3.8) is 0 Å². The molecule has 248 valence electrons. The van der Waals surface area contributed by atoms with Crippen molar-refractivity contribution in [1.82, 2.24) is 0 Å². The second kappa shape index (κ2) is 11.7. The first-order valence-corrected chi connectivity index (χ1v) is 18.0. The van der Waals surface area contributed by atoms with E-state index in [0.29, 0.717) is 0 Å². The van der Waals surface area contributed by atoms with E-state index in [4.69, 9.17) is 8.83 Å². The molecule has 9 aromatic carbocycles. The summed E-state index contributed by atoms with van der Waals surface area (Å²) in [5.74, 6) is 0. The van der Waals surface area contributed by atoms with Crippen LogP contribution < -0.4 is 4.90 Å². The van der Waals surface area contributed by atoms with Gasteiger partial charge < -0.3 is 13.7 Å². The first-order chi connectivity index (χ1) is 26.3. The lowest BCUT2D eigenvalue weighted by Gasteiger charge is -2.27. The molecule has 0 spiro atoms. The minimum atomic E-state index is 0.904. The Morgan fingerprint density at radius 3 is 1.72 bits per heavy atom. The maximum Gasteiger partial charge on any atom is 0.143 e. The molecule has 0 atom stereocenters. The standard InChI is InChI=1S/C50H31NO2/c1-2-10-32(11-3-1)35-12-8-13-38(30-35)51(37-25-22-33(23-26-37)41-16-9-17-44-42-14-4-6-18-46(42)52-49(41)44)39-27-29-40-36(31-39)21-20-34-24-28-45-43-15-5-7-19-47(43)53-50(45)48(34)40/h1-31H. The number of anilines is 3. The molecule has 0 amide bonds. The fraction of sp³-hybridized carbons (Fsp3) is 0. The monoisotopic (exact) mass is 677 g/mol. The average molecular weight is 678 g/mol. The van der Waals surface area contributed by atoms with Gasteiger partial charge in [-0.15, -0.1) is 0 Å². The molecule has 2 heterocycles. The van der Waals surface area contributed by atoms with Crippen LogP contribution in [0, 0.1) is 0 Å². The Kier molecular flexibility index (Phi) is 6.55. The minimum absolute atomic E-state index is 0.904. The smallest absolute Gasteiger partial charge is 0.143 e. The van der Waals surface area contributed by atoms with Gasteiger partial charge in [-0.2, -0.15) is 0 Å². The van der Waals surface area contributed by atoms with E-state index in [2.05, 4.69) is 169 Å². The fourth-order valence-corrected chi connectivity index (χ4v) is 8.12. The molecular weight excluding hydrogens is 647 g/mol. The van der Waals surface area contributed by atoms with Crippen LogP contribution in [0.15, 0.2) is 197 Å². The lowest BCUT2D eigenvalue weighted by atomic mass is 9.98. The highest BCUT2D eigenvalue weighted by Crippen LogP contribution is 2.43. The number of benzene rings is 9. The summed E-state index contributed by atoms with van der Waals surface area (Å²) in [6, 6.07) is 66.8. The topological polar surface area (TPSA) is 29.5 Å². The molecule has 11 aromatic rings. The summed E-state index contributed by atoms with van der Waals surface area (Å²) >= 11 is 0. The van der Waals surface area contributed by atoms with Crippen molar-refractivity contribution in [3.8, 4) is 22.3 Å². The van der Waals surface area contributed by atoms with E-state index in [0.717, 1.165) is 82.8 Å². The van der Waals surface area contributed by atoms with Gasteiger partial charge >= 0.3 is 0 Å². The van der Waals surface area contributed by atoms with E-state index in [1.54, 1.807) is 0 Å². The highest BCUT2D eigenvalue weighted by molar-refractivity contribution is 6.23. The zero-order valence-corrected chi connectivity index (χ0v) is 28.7. The Balaban J connectivity index is 1.08. The lowest BCUT2D eigenvalue weighted by molar-refractivity contribution is 0.670. The van der Waals surface area contributed by atoms with Crippen LogP contribution in [0.5, 0.6) is 0 Å². The van der Waals surface area contributed by atoms with Gasteiger partial charge in [-0.05, 0) is 87.4 Å². The van der Waals surface area contributed by atoms with E-state index < -0.39 is 0 Å². The average Bonchev–Trinajstić information content (AvgIpc) is 3.80. The van der Waals surface area contributed by atoms with E-state index in [1.165, 1.54) is 21.9 Å². The molecule has 0 aliphatic rings. The van der Waals surface area contributed by atoms with Crippen molar-refractivity contribution in [2.24, 2.45) is 0 Å². The van der Waals surface area contributed by atoms with Gasteiger partial charge in [-0.3, -0.25) is 0 Å². The molecule has 0 bridgehead atoms. The Bertz CT molecular complexity index is 3170. The summed E-state index contributed by atoms with van der Waals surface area (Å²) in [7, 11) is 0. The Hall–Kier alpha value is -7.10. The molecule has 3 heteroatoms. The van der Waals surface area contributed by atoms with E-state index in [-0.39, 0.29) is 0 Å². The molecule has 0 aliphatic heterocycles. The third kappa shape index (κ3) is 4.75. The highest BCUT2D eigenvalue weighted by Gasteiger charge is 2.18. The predicted octanol–water partition coefficient (Wildman–Crippen LogP) is 14.6. The van der Waals surface area contributed by atoms with E-state index in [1.807, 2.05) is 24.3 Å². The first kappa shape index (κ1) is 29.6. The Morgan fingerprint density at radius 1 is 0.321 bits per heavy atom. The van der Waals surface area contributed by atoms with Crippen molar-refractivity contribution >= 4 is 82.5 Å². The largest absolute Gasteiger partial charge is 0.455 e. The number of fused-ring (bicyclic) bond motifs is 10. The van der Waals surface area contributed by atoms with Gasteiger partial charge in [0.1, 0.15) is 22.3 Å². The van der Waals surface area contributed by atoms with Gasteiger partial charge in [-0.25, -0.2) is 0 Å². The second-order valence-electron chi connectivity index (χ2n) is 13.7. The van der Waals surface area contributed by atoms with Crippen LogP contribution in [0.2, 0.25) is 0 Å². The predicted molar refractivity (Wildman–Crippen MR) is 222 cm³/mol. The number of nitrogens with zero attached hydrogens (tertiary/aromatic N) is 1. The molecule has 0 fully saturated rings. The third-order valence-electron chi connectivity index (χ3n) is 10.6. The summed E-state index contributed by atoms with van der Waals surface area (Å²) in [4.78, 5) is 2.35. The lowest BCUT2D eigenvalue weighted by Crippen LogP contribution is -2.10. The molecule has 53 heavy (non-hydrogen) atoms. The summed E-state index contributed by atoms with van der Waals surface area (Å²) < 4.78 is 12.9. The van der Waals surface area contributed by atoms with Gasteiger partial charge in [0.15, 0.2) is 0 Å². The number of para-hydroxylation sites is 3. The van der Waals surface area contributed by atoms with Crippen molar-refractivity contribution in [2.75, 3.05) is 4.90 Å². The normalized spacial score (nSPS) is 11.8. The second-order valence-corrected chi connectivity index (χ2v) is 13.7. The quantitative estimate of drug-likeness (QED) is 0.170. The first-order valence-electron chi connectivity index (χ1n) is 18.0. The number of furan rings is 2. The van der Waals surface area contributed by atoms with Crippen LogP contribution in [0.25, 0.3) is 87.7 Å². The number of hydrogen-bond donors (Lipinski definition) is 0.